The zero-order valence-corrected chi connectivity index (χ0v) is 17.1. The van der Waals surface area contributed by atoms with Crippen molar-refractivity contribution in [3.8, 4) is 0 Å². The van der Waals surface area contributed by atoms with E-state index in [9.17, 15) is 9.59 Å². The Balaban J connectivity index is 1.67. The summed E-state index contributed by atoms with van der Waals surface area (Å²) in [4.78, 5) is 25.4. The highest BCUT2D eigenvalue weighted by Gasteiger charge is 2.28. The quantitative estimate of drug-likeness (QED) is 0.616. The van der Waals surface area contributed by atoms with Crippen molar-refractivity contribution in [2.24, 2.45) is 5.41 Å². The maximum atomic E-state index is 12.3. The average Bonchev–Trinajstić information content (AvgIpc) is 3.10. The number of nitrogens with one attached hydrogen (secondary N) is 3. The van der Waals surface area contributed by atoms with E-state index < -0.39 is 0 Å². The molecular weight excluding hydrogens is 346 g/mol. The van der Waals surface area contributed by atoms with Gasteiger partial charge in [-0.25, -0.2) is 4.79 Å². The fourth-order valence-electron chi connectivity index (χ4n) is 3.34. The van der Waals surface area contributed by atoms with Crippen molar-refractivity contribution in [3.05, 3.63) is 22.4 Å². The molecule has 3 N–H and O–H groups in total. The molecule has 1 unspecified atom stereocenters. The topological polar surface area (TPSA) is 70.2 Å². The lowest BCUT2D eigenvalue weighted by atomic mass is 9.85. The molecule has 1 aliphatic carbocycles. The van der Waals surface area contributed by atoms with Crippen LogP contribution in [0.4, 0.5) is 4.79 Å². The number of urea groups is 1. The summed E-state index contributed by atoms with van der Waals surface area (Å²) in [5.41, 5.74) is -0.0430. The minimum Gasteiger partial charge on any atom is -0.348 e. The fraction of sp³-hybridized carbons (Fsp3) is 0.700. The molecule has 2 rings (SSSR count). The first-order valence-corrected chi connectivity index (χ1v) is 10.6. The van der Waals surface area contributed by atoms with Crippen LogP contribution in [0.25, 0.3) is 0 Å². The van der Waals surface area contributed by atoms with Crippen LogP contribution >= 0.6 is 11.3 Å². The molecule has 5 nitrogen and oxygen atoms in total. The van der Waals surface area contributed by atoms with Crippen molar-refractivity contribution in [3.63, 3.8) is 0 Å². The zero-order valence-electron chi connectivity index (χ0n) is 16.3. The predicted octanol–water partition coefficient (Wildman–Crippen LogP) is 4.36. The van der Waals surface area contributed by atoms with Gasteiger partial charge in [0.25, 0.3) is 0 Å². The Kier molecular flexibility index (Phi) is 7.94. The van der Waals surface area contributed by atoms with E-state index in [4.69, 9.17) is 0 Å². The summed E-state index contributed by atoms with van der Waals surface area (Å²) < 4.78 is 0. The van der Waals surface area contributed by atoms with Gasteiger partial charge in [-0.05, 0) is 36.1 Å². The van der Waals surface area contributed by atoms with E-state index in [-0.39, 0.29) is 23.4 Å². The summed E-state index contributed by atoms with van der Waals surface area (Å²) in [7, 11) is 0. The first kappa shape index (κ1) is 20.7. The average molecular weight is 380 g/mol. The Hall–Kier alpha value is -1.56. The van der Waals surface area contributed by atoms with Crippen LogP contribution in [0.1, 0.15) is 76.6 Å². The molecule has 0 aromatic carbocycles. The Morgan fingerprint density at radius 1 is 1.23 bits per heavy atom. The van der Waals surface area contributed by atoms with E-state index in [1.165, 1.54) is 24.1 Å². The summed E-state index contributed by atoms with van der Waals surface area (Å²) in [6.45, 7) is 6.92. The molecule has 26 heavy (non-hydrogen) atoms. The van der Waals surface area contributed by atoms with Gasteiger partial charge in [0.1, 0.15) is 0 Å². The predicted molar refractivity (Wildman–Crippen MR) is 107 cm³/mol. The second-order valence-corrected chi connectivity index (χ2v) is 9.20. The monoisotopic (exact) mass is 379 g/mol. The van der Waals surface area contributed by atoms with Gasteiger partial charge >= 0.3 is 6.03 Å². The maximum absolute atomic E-state index is 12.3. The van der Waals surface area contributed by atoms with E-state index in [2.05, 4.69) is 42.8 Å². The SMILES string of the molecule is CC(C)(C)C(NC(=O)CCCNC(=O)NC1CCCCC1)c1cccs1. The molecular formula is C20H33N3O2S. The molecule has 1 atom stereocenters. The van der Waals surface area contributed by atoms with Crippen molar-refractivity contribution in [1.29, 1.82) is 0 Å². The highest BCUT2D eigenvalue weighted by Crippen LogP contribution is 2.35. The second kappa shape index (κ2) is 9.95. The maximum Gasteiger partial charge on any atom is 0.315 e. The van der Waals surface area contributed by atoms with Crippen molar-refractivity contribution < 1.29 is 9.59 Å². The first-order valence-electron chi connectivity index (χ1n) is 9.73. The molecule has 0 radical (unpaired) electrons. The minimum absolute atomic E-state index is 0.0116. The lowest BCUT2D eigenvalue weighted by Crippen LogP contribution is -2.43. The molecule has 0 bridgehead atoms. The van der Waals surface area contributed by atoms with Crippen molar-refractivity contribution >= 4 is 23.3 Å². The van der Waals surface area contributed by atoms with E-state index >= 15 is 0 Å². The van der Waals surface area contributed by atoms with Gasteiger partial charge in [0.15, 0.2) is 0 Å². The normalized spacial score (nSPS) is 16.7. The largest absolute Gasteiger partial charge is 0.348 e. The van der Waals surface area contributed by atoms with Crippen molar-refractivity contribution in [1.82, 2.24) is 16.0 Å². The van der Waals surface area contributed by atoms with Crippen LogP contribution in [-0.4, -0.2) is 24.5 Å². The molecule has 1 aromatic heterocycles. The van der Waals surface area contributed by atoms with Crippen LogP contribution in [0, 0.1) is 5.41 Å². The summed E-state index contributed by atoms with van der Waals surface area (Å²) in [6.07, 6.45) is 6.89. The lowest BCUT2D eigenvalue weighted by molar-refractivity contribution is -0.122. The van der Waals surface area contributed by atoms with Gasteiger partial charge in [0, 0.05) is 23.9 Å². The number of hydrogen-bond acceptors (Lipinski definition) is 3. The standard InChI is InChI=1S/C20H33N3O2S/c1-20(2,3)18(16-11-8-14-26-16)23-17(24)12-7-13-21-19(25)22-15-9-5-4-6-10-15/h8,11,14-15,18H,4-7,9-10,12-13H2,1-3H3,(H,23,24)(H2,21,22,25). The van der Waals surface area contributed by atoms with Crippen LogP contribution in [0.5, 0.6) is 0 Å². The Bertz CT molecular complexity index is 560. The highest BCUT2D eigenvalue weighted by atomic mass is 32.1. The van der Waals surface area contributed by atoms with Crippen molar-refractivity contribution in [2.45, 2.75) is 77.8 Å². The summed E-state index contributed by atoms with van der Waals surface area (Å²) in [5, 5.41) is 11.1. The molecule has 1 heterocycles. The Morgan fingerprint density at radius 3 is 2.58 bits per heavy atom. The van der Waals surface area contributed by atoms with Crippen LogP contribution in [0.15, 0.2) is 17.5 Å². The van der Waals surface area contributed by atoms with Gasteiger partial charge in [0.05, 0.1) is 6.04 Å². The van der Waals surface area contributed by atoms with Crippen LogP contribution < -0.4 is 16.0 Å². The number of thiophene rings is 1. The van der Waals surface area contributed by atoms with Crippen LogP contribution in [0.2, 0.25) is 0 Å². The molecule has 0 saturated heterocycles. The van der Waals surface area contributed by atoms with Crippen LogP contribution in [-0.2, 0) is 4.79 Å². The van der Waals surface area contributed by atoms with E-state index in [0.29, 0.717) is 25.4 Å². The molecule has 1 saturated carbocycles. The Morgan fingerprint density at radius 2 is 1.96 bits per heavy atom. The Labute approximate surface area is 161 Å². The second-order valence-electron chi connectivity index (χ2n) is 8.22. The molecule has 6 heteroatoms. The van der Waals surface area contributed by atoms with E-state index in [1.54, 1.807) is 11.3 Å². The van der Waals surface area contributed by atoms with Crippen molar-refractivity contribution in [2.75, 3.05) is 6.54 Å². The molecule has 146 valence electrons. The number of carbonyl (C=O) groups excluding carboxylic acids is 2. The molecule has 0 aliphatic heterocycles. The van der Waals surface area contributed by atoms with Gasteiger partial charge in [0.2, 0.25) is 5.91 Å². The summed E-state index contributed by atoms with van der Waals surface area (Å²) in [5.74, 6) is 0.0350. The van der Waals surface area contributed by atoms with Gasteiger partial charge < -0.3 is 16.0 Å². The molecule has 1 aliphatic rings. The molecule has 1 aromatic rings. The van der Waals surface area contributed by atoms with E-state index in [0.717, 1.165) is 12.8 Å². The lowest BCUT2D eigenvalue weighted by Gasteiger charge is -2.30. The number of amides is 3. The van der Waals surface area contributed by atoms with E-state index in [1.807, 2.05) is 11.4 Å². The molecule has 0 spiro atoms. The first-order chi connectivity index (χ1) is 12.4. The fourth-order valence-corrected chi connectivity index (χ4v) is 4.36. The summed E-state index contributed by atoms with van der Waals surface area (Å²) >= 11 is 1.67. The molecule has 3 amide bonds. The summed E-state index contributed by atoms with van der Waals surface area (Å²) in [6, 6.07) is 4.30. The highest BCUT2D eigenvalue weighted by molar-refractivity contribution is 7.10. The number of carbonyl (C=O) groups is 2. The zero-order chi connectivity index (χ0) is 19.0. The third-order valence-corrected chi connectivity index (χ3v) is 5.74. The number of rotatable bonds is 7. The third-order valence-electron chi connectivity index (χ3n) is 4.81. The molecule has 1 fully saturated rings. The number of hydrogen-bond donors (Lipinski definition) is 3. The smallest absolute Gasteiger partial charge is 0.315 e. The third kappa shape index (κ3) is 6.98. The van der Waals surface area contributed by atoms with Gasteiger partial charge in [-0.1, -0.05) is 46.1 Å². The van der Waals surface area contributed by atoms with Gasteiger partial charge in [-0.3, -0.25) is 4.79 Å². The van der Waals surface area contributed by atoms with Gasteiger partial charge in [-0.15, -0.1) is 11.3 Å². The van der Waals surface area contributed by atoms with Gasteiger partial charge in [-0.2, -0.15) is 0 Å². The minimum atomic E-state index is -0.108. The van der Waals surface area contributed by atoms with Crippen LogP contribution in [0.3, 0.4) is 0 Å².